The molecule has 0 saturated heterocycles. The van der Waals surface area contributed by atoms with Crippen LogP contribution in [-0.4, -0.2) is 47.5 Å². The van der Waals surface area contributed by atoms with E-state index in [2.05, 4.69) is 9.97 Å². The zero-order valence-electron chi connectivity index (χ0n) is 11.5. The van der Waals surface area contributed by atoms with Gasteiger partial charge in [0.25, 0.3) is 10.0 Å². The minimum absolute atomic E-state index is 0.0849. The van der Waals surface area contributed by atoms with E-state index in [1.165, 1.54) is 17.5 Å². The van der Waals surface area contributed by atoms with Crippen LogP contribution in [0.25, 0.3) is 0 Å². The molecule has 1 aliphatic rings. The van der Waals surface area contributed by atoms with Crippen molar-refractivity contribution in [1.82, 2.24) is 14.3 Å². The number of nitrogens with zero attached hydrogens (tertiary/aromatic N) is 2. The number of aliphatic hydroxyl groups excluding tert-OH is 1. The summed E-state index contributed by atoms with van der Waals surface area (Å²) >= 11 is 0. The molecule has 19 heavy (non-hydrogen) atoms. The molecule has 108 valence electrons. The van der Waals surface area contributed by atoms with Gasteiger partial charge in [-0.25, -0.2) is 13.4 Å². The molecule has 1 saturated carbocycles. The molecule has 1 heterocycles. The normalized spacial score (nSPS) is 18.2. The van der Waals surface area contributed by atoms with Crippen LogP contribution in [0, 0.1) is 5.92 Å². The van der Waals surface area contributed by atoms with Crippen molar-refractivity contribution < 1.29 is 13.5 Å². The number of rotatable bonds is 6. The fourth-order valence-electron chi connectivity index (χ4n) is 1.90. The SMILES string of the molecule is CC(C)c1ncc(S(=O)(=O)N(C)C[C@H](O)C2CC2)[nH]1. The predicted octanol–water partition coefficient (Wildman–Crippen LogP) is 0.924. The highest BCUT2D eigenvalue weighted by Crippen LogP contribution is 2.33. The molecule has 0 unspecified atom stereocenters. The second-order valence-electron chi connectivity index (χ2n) is 5.48. The van der Waals surface area contributed by atoms with E-state index in [0.717, 1.165) is 12.8 Å². The van der Waals surface area contributed by atoms with Gasteiger partial charge in [-0.15, -0.1) is 0 Å². The molecular formula is C12H21N3O3S. The lowest BCUT2D eigenvalue weighted by Gasteiger charge is -2.19. The van der Waals surface area contributed by atoms with Gasteiger partial charge in [0, 0.05) is 19.5 Å². The van der Waals surface area contributed by atoms with Gasteiger partial charge in [-0.2, -0.15) is 4.31 Å². The Morgan fingerprint density at radius 2 is 2.16 bits per heavy atom. The van der Waals surface area contributed by atoms with E-state index in [1.807, 2.05) is 13.8 Å². The first-order valence-electron chi connectivity index (χ1n) is 6.51. The number of aromatic amines is 1. The van der Waals surface area contributed by atoms with Crippen molar-refractivity contribution in [2.24, 2.45) is 5.92 Å². The zero-order valence-corrected chi connectivity index (χ0v) is 12.3. The lowest BCUT2D eigenvalue weighted by atomic mass is 10.2. The Kier molecular flexibility index (Phi) is 3.98. The van der Waals surface area contributed by atoms with Gasteiger partial charge in [-0.1, -0.05) is 13.8 Å². The molecular weight excluding hydrogens is 266 g/mol. The van der Waals surface area contributed by atoms with Crippen molar-refractivity contribution in [1.29, 1.82) is 0 Å². The van der Waals surface area contributed by atoms with E-state index in [0.29, 0.717) is 5.82 Å². The highest BCUT2D eigenvalue weighted by molar-refractivity contribution is 7.89. The molecule has 1 aromatic heterocycles. The summed E-state index contributed by atoms with van der Waals surface area (Å²) in [5.74, 6) is 1.05. The fourth-order valence-corrected chi connectivity index (χ4v) is 3.01. The van der Waals surface area contributed by atoms with E-state index in [4.69, 9.17) is 0 Å². The second-order valence-corrected chi connectivity index (χ2v) is 7.49. The van der Waals surface area contributed by atoms with Crippen LogP contribution < -0.4 is 0 Å². The summed E-state index contributed by atoms with van der Waals surface area (Å²) in [6.45, 7) is 4.01. The maximum atomic E-state index is 12.3. The third-order valence-corrected chi connectivity index (χ3v) is 5.15. The molecule has 6 nitrogen and oxygen atoms in total. The Morgan fingerprint density at radius 1 is 1.53 bits per heavy atom. The molecule has 0 bridgehead atoms. The van der Waals surface area contributed by atoms with Crippen molar-refractivity contribution in [2.75, 3.05) is 13.6 Å². The molecule has 2 N–H and O–H groups in total. The molecule has 1 aliphatic carbocycles. The largest absolute Gasteiger partial charge is 0.391 e. The third kappa shape index (κ3) is 3.16. The summed E-state index contributed by atoms with van der Waals surface area (Å²) in [5, 5.41) is 9.92. The second kappa shape index (κ2) is 5.22. The minimum Gasteiger partial charge on any atom is -0.391 e. The number of H-pyrrole nitrogens is 1. The summed E-state index contributed by atoms with van der Waals surface area (Å²) in [6, 6.07) is 0. The summed E-state index contributed by atoms with van der Waals surface area (Å²) in [6.07, 6.45) is 2.73. The number of nitrogens with one attached hydrogen (secondary N) is 1. The lowest BCUT2D eigenvalue weighted by Crippen LogP contribution is -2.35. The summed E-state index contributed by atoms with van der Waals surface area (Å²) < 4.78 is 25.8. The zero-order chi connectivity index (χ0) is 14.2. The van der Waals surface area contributed by atoms with Crippen LogP contribution in [0.4, 0.5) is 0 Å². The van der Waals surface area contributed by atoms with Gasteiger partial charge in [0.2, 0.25) is 0 Å². The molecule has 1 atom stereocenters. The maximum absolute atomic E-state index is 12.3. The minimum atomic E-state index is -3.60. The van der Waals surface area contributed by atoms with Crippen LogP contribution in [0.3, 0.4) is 0 Å². The fraction of sp³-hybridized carbons (Fsp3) is 0.750. The number of aliphatic hydroxyl groups is 1. The van der Waals surface area contributed by atoms with Crippen molar-refractivity contribution in [2.45, 2.75) is 43.7 Å². The lowest BCUT2D eigenvalue weighted by molar-refractivity contribution is 0.131. The van der Waals surface area contributed by atoms with Gasteiger partial charge in [0.15, 0.2) is 5.03 Å². The summed E-state index contributed by atoms with van der Waals surface area (Å²) in [5.41, 5.74) is 0. The standard InChI is InChI=1S/C12H21N3O3S/c1-8(2)12-13-6-11(14-12)19(17,18)15(3)7-10(16)9-4-5-9/h6,8-10,16H,4-5,7H2,1-3H3,(H,13,14)/t10-/m0/s1. The van der Waals surface area contributed by atoms with Crippen molar-refractivity contribution in [3.63, 3.8) is 0 Å². The van der Waals surface area contributed by atoms with Gasteiger partial charge in [0.05, 0.1) is 12.3 Å². The molecule has 0 aliphatic heterocycles. The van der Waals surface area contributed by atoms with Crippen LogP contribution >= 0.6 is 0 Å². The predicted molar refractivity (Wildman–Crippen MR) is 71.2 cm³/mol. The number of likely N-dealkylation sites (N-methyl/N-ethyl adjacent to an activating group) is 1. The van der Waals surface area contributed by atoms with Crippen LogP contribution in [0.1, 0.15) is 38.4 Å². The van der Waals surface area contributed by atoms with Crippen LogP contribution in [-0.2, 0) is 10.0 Å². The van der Waals surface area contributed by atoms with Crippen LogP contribution in [0.15, 0.2) is 11.2 Å². The summed E-state index contributed by atoms with van der Waals surface area (Å²) in [7, 11) is -2.11. The van der Waals surface area contributed by atoms with E-state index >= 15 is 0 Å². The molecule has 0 spiro atoms. The molecule has 7 heteroatoms. The first-order chi connectivity index (χ1) is 8.82. The number of hydrogen-bond donors (Lipinski definition) is 2. The Morgan fingerprint density at radius 3 is 2.63 bits per heavy atom. The Bertz CT molecular complexity index is 534. The van der Waals surface area contributed by atoms with Gasteiger partial charge in [-0.05, 0) is 18.8 Å². The molecule has 1 aromatic rings. The van der Waals surface area contributed by atoms with Gasteiger partial charge >= 0.3 is 0 Å². The Hall–Kier alpha value is -0.920. The average molecular weight is 287 g/mol. The van der Waals surface area contributed by atoms with E-state index < -0.39 is 16.1 Å². The Balaban J connectivity index is 2.10. The van der Waals surface area contributed by atoms with Gasteiger partial charge < -0.3 is 10.1 Å². The molecule has 0 aromatic carbocycles. The van der Waals surface area contributed by atoms with Gasteiger partial charge in [-0.3, -0.25) is 0 Å². The van der Waals surface area contributed by atoms with Crippen LogP contribution in [0.2, 0.25) is 0 Å². The quantitative estimate of drug-likeness (QED) is 0.814. The van der Waals surface area contributed by atoms with Crippen molar-refractivity contribution in [3.8, 4) is 0 Å². The van der Waals surface area contributed by atoms with E-state index in [1.54, 1.807) is 0 Å². The van der Waals surface area contributed by atoms with Crippen LogP contribution in [0.5, 0.6) is 0 Å². The van der Waals surface area contributed by atoms with Crippen molar-refractivity contribution in [3.05, 3.63) is 12.0 Å². The smallest absolute Gasteiger partial charge is 0.259 e. The highest BCUT2D eigenvalue weighted by Gasteiger charge is 2.33. The maximum Gasteiger partial charge on any atom is 0.259 e. The van der Waals surface area contributed by atoms with Crippen molar-refractivity contribution >= 4 is 10.0 Å². The van der Waals surface area contributed by atoms with E-state index in [9.17, 15) is 13.5 Å². The topological polar surface area (TPSA) is 86.3 Å². The van der Waals surface area contributed by atoms with Gasteiger partial charge in [0.1, 0.15) is 5.82 Å². The average Bonchev–Trinajstić information content (AvgIpc) is 3.05. The molecule has 2 rings (SSSR count). The Labute approximate surface area is 113 Å². The summed E-state index contributed by atoms with van der Waals surface area (Å²) in [4.78, 5) is 6.90. The number of imidazole rings is 1. The monoisotopic (exact) mass is 287 g/mol. The first-order valence-corrected chi connectivity index (χ1v) is 7.95. The number of hydrogen-bond acceptors (Lipinski definition) is 4. The molecule has 0 amide bonds. The third-order valence-electron chi connectivity index (χ3n) is 3.42. The van der Waals surface area contributed by atoms with E-state index in [-0.39, 0.29) is 23.4 Å². The first kappa shape index (κ1) is 14.5. The molecule has 0 radical (unpaired) electrons. The number of aromatic nitrogens is 2. The molecule has 1 fully saturated rings. The highest BCUT2D eigenvalue weighted by atomic mass is 32.2. The number of sulfonamides is 1.